The van der Waals surface area contributed by atoms with E-state index in [0.717, 1.165) is 12.8 Å². The van der Waals surface area contributed by atoms with E-state index in [-0.39, 0.29) is 18.0 Å². The number of nitrogens with one attached hydrogen (secondary N) is 1. The van der Waals surface area contributed by atoms with E-state index in [1.807, 2.05) is 0 Å². The molecule has 0 fully saturated rings. The average Bonchev–Trinajstić information content (AvgIpc) is 2.60. The molecule has 0 unspecified atom stereocenters. The number of unbranched alkanes of at least 4 members (excludes halogenated alkanes) is 7. The molecule has 7 nitrogen and oxygen atoms in total. The lowest BCUT2D eigenvalue weighted by Crippen LogP contribution is -2.24. The van der Waals surface area contributed by atoms with Gasteiger partial charge in [0.2, 0.25) is 0 Å². The highest BCUT2D eigenvalue weighted by Gasteiger charge is 2.11. The fraction of sp³-hybridized carbons (Fsp3) is 0.611. The van der Waals surface area contributed by atoms with Crippen molar-refractivity contribution in [1.29, 1.82) is 0 Å². The molecule has 1 amide bonds. The van der Waals surface area contributed by atoms with Crippen molar-refractivity contribution in [2.45, 2.75) is 64.9 Å². The third kappa shape index (κ3) is 9.19. The van der Waals surface area contributed by atoms with Crippen molar-refractivity contribution in [3.63, 3.8) is 0 Å². The second-order valence-corrected chi connectivity index (χ2v) is 6.13. The van der Waals surface area contributed by atoms with Crippen molar-refractivity contribution in [3.05, 3.63) is 23.6 Å². The summed E-state index contributed by atoms with van der Waals surface area (Å²) in [4.78, 5) is 18.4. The molecule has 0 aliphatic heterocycles. The van der Waals surface area contributed by atoms with E-state index in [4.69, 9.17) is 16.2 Å². The normalized spacial score (nSPS) is 10.4. The number of anilines is 1. The molecule has 5 N–H and O–H groups in total. The number of amides is 1. The molecule has 0 atom stereocenters. The number of hydrogen-bond donors (Lipinski definition) is 3. The summed E-state index contributed by atoms with van der Waals surface area (Å²) in [5, 5.41) is 2.99. The number of halogens is 1. The molecule has 1 heterocycles. The molecular formula is C18H30FN5O2. The van der Waals surface area contributed by atoms with Gasteiger partial charge in [0.05, 0.1) is 0 Å². The summed E-state index contributed by atoms with van der Waals surface area (Å²) in [6.07, 6.45) is 10.2. The van der Waals surface area contributed by atoms with Gasteiger partial charge in [-0.05, 0) is 12.5 Å². The number of carbonyl (C=O) groups excluding carboxylic acids is 1. The molecule has 0 aromatic carbocycles. The number of nitrogens with zero attached hydrogens (tertiary/aromatic N) is 2. The van der Waals surface area contributed by atoms with Gasteiger partial charge >= 0.3 is 6.09 Å². The fourth-order valence-electron chi connectivity index (χ4n) is 2.46. The lowest BCUT2D eigenvalue weighted by atomic mass is 10.1. The first kappa shape index (κ1) is 21.7. The minimum Gasteiger partial charge on any atom is -0.443 e. The third-order valence-electron chi connectivity index (χ3n) is 3.86. The van der Waals surface area contributed by atoms with Gasteiger partial charge in [-0.15, -0.1) is 4.99 Å². The largest absolute Gasteiger partial charge is 0.443 e. The summed E-state index contributed by atoms with van der Waals surface area (Å²) >= 11 is 0. The Morgan fingerprint density at radius 2 is 1.85 bits per heavy atom. The van der Waals surface area contributed by atoms with Crippen LogP contribution in [-0.4, -0.2) is 23.6 Å². The SMILES string of the molecule is CCCCCCCCCCNc1nccc(COC(=O)N=C(N)N)c1F. The van der Waals surface area contributed by atoms with E-state index < -0.39 is 17.9 Å². The van der Waals surface area contributed by atoms with Crippen LogP contribution in [0.3, 0.4) is 0 Å². The van der Waals surface area contributed by atoms with Crippen molar-refractivity contribution in [3.8, 4) is 0 Å². The molecule has 8 heteroatoms. The average molecular weight is 367 g/mol. The van der Waals surface area contributed by atoms with Gasteiger partial charge in [-0.3, -0.25) is 0 Å². The van der Waals surface area contributed by atoms with Gasteiger partial charge in [0, 0.05) is 18.3 Å². The molecule has 0 radical (unpaired) electrons. The monoisotopic (exact) mass is 367 g/mol. The molecule has 1 rings (SSSR count). The Balaban J connectivity index is 2.31. The third-order valence-corrected chi connectivity index (χ3v) is 3.86. The second-order valence-electron chi connectivity index (χ2n) is 6.13. The standard InChI is InChI=1S/C18H30FN5O2/c1-2-3-4-5-6-7-8-9-11-22-16-15(19)14(10-12-23-16)13-26-18(25)24-17(20)21/h10,12H,2-9,11,13H2,1H3,(H,22,23)(H4,20,21,24,25). The Morgan fingerprint density at radius 3 is 2.50 bits per heavy atom. The Labute approximate surface area is 154 Å². The number of ether oxygens (including phenoxy) is 1. The van der Waals surface area contributed by atoms with Crippen LogP contribution in [-0.2, 0) is 11.3 Å². The minimum atomic E-state index is -0.963. The van der Waals surface area contributed by atoms with Crippen molar-refractivity contribution >= 4 is 17.9 Å². The van der Waals surface area contributed by atoms with E-state index in [0.29, 0.717) is 6.54 Å². The maximum absolute atomic E-state index is 14.3. The van der Waals surface area contributed by atoms with E-state index in [1.54, 1.807) is 0 Å². The number of aliphatic imine (C=N–C) groups is 1. The van der Waals surface area contributed by atoms with Crippen molar-refractivity contribution in [1.82, 2.24) is 4.98 Å². The predicted octanol–water partition coefficient (Wildman–Crippen LogP) is 3.68. The van der Waals surface area contributed by atoms with Gasteiger partial charge < -0.3 is 21.5 Å². The van der Waals surface area contributed by atoms with E-state index in [9.17, 15) is 9.18 Å². The summed E-state index contributed by atoms with van der Waals surface area (Å²) in [6.45, 7) is 2.59. The number of hydrogen-bond acceptors (Lipinski definition) is 4. The maximum Gasteiger partial charge on any atom is 0.437 e. The molecule has 0 aliphatic carbocycles. The zero-order valence-electron chi connectivity index (χ0n) is 15.5. The van der Waals surface area contributed by atoms with Gasteiger partial charge in [0.1, 0.15) is 6.61 Å². The first-order valence-electron chi connectivity index (χ1n) is 9.18. The lowest BCUT2D eigenvalue weighted by molar-refractivity contribution is 0.149. The predicted molar refractivity (Wildman–Crippen MR) is 101 cm³/mol. The lowest BCUT2D eigenvalue weighted by Gasteiger charge is -2.09. The Kier molecular flexibility index (Phi) is 10.8. The molecule has 0 bridgehead atoms. The number of guanidine groups is 1. The minimum absolute atomic E-state index is 0.156. The van der Waals surface area contributed by atoms with Crippen LogP contribution in [0, 0.1) is 5.82 Å². The van der Waals surface area contributed by atoms with E-state index in [2.05, 4.69) is 22.2 Å². The van der Waals surface area contributed by atoms with Gasteiger partial charge in [0.15, 0.2) is 17.6 Å². The Bertz CT molecular complexity index is 577. The number of rotatable bonds is 12. The maximum atomic E-state index is 14.3. The second kappa shape index (κ2) is 12.9. The number of nitrogens with two attached hydrogens (primary N) is 2. The molecule has 26 heavy (non-hydrogen) atoms. The summed E-state index contributed by atoms with van der Waals surface area (Å²) in [6, 6.07) is 1.44. The zero-order chi connectivity index (χ0) is 19.2. The molecule has 146 valence electrons. The van der Waals surface area contributed by atoms with Crippen molar-refractivity contribution in [2.75, 3.05) is 11.9 Å². The van der Waals surface area contributed by atoms with Gasteiger partial charge in [-0.2, -0.15) is 0 Å². The zero-order valence-corrected chi connectivity index (χ0v) is 15.5. The molecule has 1 aromatic rings. The Hall–Kier alpha value is -2.38. The molecule has 0 aliphatic rings. The van der Waals surface area contributed by atoms with Crippen LogP contribution < -0.4 is 16.8 Å². The summed E-state index contributed by atoms with van der Waals surface area (Å²) in [5.41, 5.74) is 10.3. The smallest absolute Gasteiger partial charge is 0.437 e. The Morgan fingerprint density at radius 1 is 1.19 bits per heavy atom. The highest BCUT2D eigenvalue weighted by atomic mass is 19.1. The van der Waals surface area contributed by atoms with E-state index >= 15 is 0 Å². The van der Waals surface area contributed by atoms with Crippen LogP contribution in [0.15, 0.2) is 17.3 Å². The van der Waals surface area contributed by atoms with Crippen LogP contribution in [0.2, 0.25) is 0 Å². The van der Waals surface area contributed by atoms with Crippen molar-refractivity contribution in [2.24, 2.45) is 16.5 Å². The molecule has 0 spiro atoms. The number of aromatic nitrogens is 1. The molecular weight excluding hydrogens is 337 g/mol. The van der Waals surface area contributed by atoms with Crippen LogP contribution in [0.5, 0.6) is 0 Å². The fourth-order valence-corrected chi connectivity index (χ4v) is 2.46. The molecule has 0 saturated carbocycles. The van der Waals surface area contributed by atoms with Crippen LogP contribution in [0.25, 0.3) is 0 Å². The first-order chi connectivity index (χ1) is 12.5. The summed E-state index contributed by atoms with van der Waals surface area (Å²) < 4.78 is 19.1. The van der Waals surface area contributed by atoms with Crippen molar-refractivity contribution < 1.29 is 13.9 Å². The highest BCUT2D eigenvalue weighted by Crippen LogP contribution is 2.16. The first-order valence-corrected chi connectivity index (χ1v) is 9.18. The van der Waals surface area contributed by atoms with Gasteiger partial charge in [-0.1, -0.05) is 51.9 Å². The highest BCUT2D eigenvalue weighted by molar-refractivity contribution is 5.87. The number of pyridine rings is 1. The van der Waals surface area contributed by atoms with Crippen LogP contribution in [0.1, 0.15) is 63.9 Å². The van der Waals surface area contributed by atoms with Gasteiger partial charge in [0.25, 0.3) is 0 Å². The van der Waals surface area contributed by atoms with Crippen LogP contribution >= 0.6 is 0 Å². The van der Waals surface area contributed by atoms with Gasteiger partial charge in [-0.25, -0.2) is 14.2 Å². The van der Waals surface area contributed by atoms with Crippen LogP contribution in [0.4, 0.5) is 15.0 Å². The molecule has 0 saturated heterocycles. The topological polar surface area (TPSA) is 116 Å². The quantitative estimate of drug-likeness (QED) is 0.295. The summed E-state index contributed by atoms with van der Waals surface area (Å²) in [5.74, 6) is -0.786. The number of carbonyl (C=O) groups is 1. The van der Waals surface area contributed by atoms with E-state index in [1.165, 1.54) is 50.8 Å². The summed E-state index contributed by atoms with van der Waals surface area (Å²) in [7, 11) is 0. The molecule has 1 aromatic heterocycles.